The van der Waals surface area contributed by atoms with Crippen LogP contribution in [0.2, 0.25) is 20.1 Å². The SMILES string of the molecule is C[C@@H](C(=O)NC1CCCC1)N(Cc1ccc(Cl)c(Cl)c1)C(=O)CN(c1cc(Cl)cc(Cl)c1)S(=O)(=O)c1ccccc1. The molecule has 2 amide bonds. The van der Waals surface area contributed by atoms with Crippen LogP contribution in [0.25, 0.3) is 0 Å². The maximum absolute atomic E-state index is 14.0. The van der Waals surface area contributed by atoms with Crippen LogP contribution in [0.15, 0.2) is 71.6 Å². The lowest BCUT2D eigenvalue weighted by Crippen LogP contribution is -2.52. The van der Waals surface area contributed by atoms with E-state index < -0.39 is 28.5 Å². The summed E-state index contributed by atoms with van der Waals surface area (Å²) in [7, 11) is -4.24. The molecule has 0 aliphatic heterocycles. The van der Waals surface area contributed by atoms with Gasteiger partial charge in [0.15, 0.2) is 0 Å². The van der Waals surface area contributed by atoms with Gasteiger partial charge < -0.3 is 10.2 Å². The van der Waals surface area contributed by atoms with Crippen molar-refractivity contribution in [1.29, 1.82) is 0 Å². The van der Waals surface area contributed by atoms with Gasteiger partial charge in [-0.2, -0.15) is 0 Å². The molecule has 0 heterocycles. The van der Waals surface area contributed by atoms with E-state index in [1.807, 2.05) is 0 Å². The molecule has 1 fully saturated rings. The molecule has 1 N–H and O–H groups in total. The van der Waals surface area contributed by atoms with Crippen molar-refractivity contribution in [3.8, 4) is 0 Å². The lowest BCUT2D eigenvalue weighted by molar-refractivity contribution is -0.139. The molecule has 1 atom stereocenters. The van der Waals surface area contributed by atoms with Crippen LogP contribution in [-0.2, 0) is 26.2 Å². The van der Waals surface area contributed by atoms with E-state index in [4.69, 9.17) is 46.4 Å². The topological polar surface area (TPSA) is 86.8 Å². The van der Waals surface area contributed by atoms with E-state index in [0.717, 1.165) is 30.0 Å². The van der Waals surface area contributed by atoms with Gasteiger partial charge in [0, 0.05) is 22.6 Å². The maximum Gasteiger partial charge on any atom is 0.264 e. The van der Waals surface area contributed by atoms with E-state index in [9.17, 15) is 18.0 Å². The minimum Gasteiger partial charge on any atom is -0.352 e. The van der Waals surface area contributed by atoms with Gasteiger partial charge in [-0.1, -0.05) is 83.5 Å². The monoisotopic (exact) mass is 655 g/mol. The van der Waals surface area contributed by atoms with Crippen LogP contribution in [-0.4, -0.2) is 43.8 Å². The molecule has 3 aromatic carbocycles. The molecule has 0 bridgehead atoms. The summed E-state index contributed by atoms with van der Waals surface area (Å²) in [6, 6.07) is 16.1. The number of amides is 2. The molecule has 7 nitrogen and oxygen atoms in total. The Morgan fingerprint density at radius 1 is 0.902 bits per heavy atom. The van der Waals surface area contributed by atoms with Gasteiger partial charge >= 0.3 is 0 Å². The zero-order valence-corrected chi connectivity index (χ0v) is 26.0. The first-order valence-electron chi connectivity index (χ1n) is 13.0. The second-order valence-corrected chi connectivity index (χ2v) is 13.4. The largest absolute Gasteiger partial charge is 0.352 e. The molecule has 218 valence electrons. The van der Waals surface area contributed by atoms with Gasteiger partial charge in [-0.25, -0.2) is 8.42 Å². The highest BCUT2D eigenvalue weighted by Crippen LogP contribution is 2.30. The Balaban J connectivity index is 1.71. The quantitative estimate of drug-likeness (QED) is 0.255. The van der Waals surface area contributed by atoms with Crippen molar-refractivity contribution in [3.63, 3.8) is 0 Å². The summed E-state index contributed by atoms with van der Waals surface area (Å²) in [5.74, 6) is -0.936. The first-order valence-corrected chi connectivity index (χ1v) is 16.0. The highest BCUT2D eigenvalue weighted by atomic mass is 35.5. The second kappa shape index (κ2) is 13.7. The molecular weight excluding hydrogens is 628 g/mol. The van der Waals surface area contributed by atoms with Crippen molar-refractivity contribution in [1.82, 2.24) is 10.2 Å². The summed E-state index contributed by atoms with van der Waals surface area (Å²) < 4.78 is 28.6. The summed E-state index contributed by atoms with van der Waals surface area (Å²) in [5.41, 5.74) is 0.730. The van der Waals surface area contributed by atoms with Gasteiger partial charge in [-0.15, -0.1) is 0 Å². The molecule has 0 saturated heterocycles. The van der Waals surface area contributed by atoms with Crippen molar-refractivity contribution < 1.29 is 18.0 Å². The van der Waals surface area contributed by atoms with E-state index in [0.29, 0.717) is 15.6 Å². The van der Waals surface area contributed by atoms with Gasteiger partial charge in [-0.05, 0) is 67.8 Å². The summed E-state index contributed by atoms with van der Waals surface area (Å²) in [4.78, 5) is 28.6. The number of hydrogen-bond donors (Lipinski definition) is 1. The zero-order chi connectivity index (χ0) is 29.7. The Hall–Kier alpha value is -2.49. The van der Waals surface area contributed by atoms with Crippen LogP contribution in [0.3, 0.4) is 0 Å². The fraction of sp³-hybridized carbons (Fsp3) is 0.310. The number of rotatable bonds is 10. The summed E-state index contributed by atoms with van der Waals surface area (Å²) >= 11 is 24.8. The summed E-state index contributed by atoms with van der Waals surface area (Å²) in [6.07, 6.45) is 3.80. The third-order valence-electron chi connectivity index (χ3n) is 6.95. The molecule has 3 aromatic rings. The molecule has 0 radical (unpaired) electrons. The number of anilines is 1. The Labute approximate surface area is 260 Å². The van der Waals surface area contributed by atoms with Crippen LogP contribution >= 0.6 is 46.4 Å². The molecule has 4 rings (SSSR count). The molecule has 1 aliphatic rings. The van der Waals surface area contributed by atoms with Crippen LogP contribution in [0.1, 0.15) is 38.2 Å². The van der Waals surface area contributed by atoms with E-state index in [-0.39, 0.29) is 39.1 Å². The predicted molar refractivity (Wildman–Crippen MR) is 164 cm³/mol. The normalized spacial score (nSPS) is 14.5. The number of halogens is 4. The second-order valence-electron chi connectivity index (χ2n) is 9.89. The van der Waals surface area contributed by atoms with Gasteiger partial charge in [0.05, 0.1) is 20.6 Å². The average molecular weight is 657 g/mol. The van der Waals surface area contributed by atoms with Gasteiger partial charge in [0.1, 0.15) is 12.6 Å². The van der Waals surface area contributed by atoms with Gasteiger partial charge in [0.25, 0.3) is 10.0 Å². The number of carbonyl (C=O) groups excluding carboxylic acids is 2. The lowest BCUT2D eigenvalue weighted by Gasteiger charge is -2.32. The van der Waals surface area contributed by atoms with Crippen molar-refractivity contribution in [2.24, 2.45) is 0 Å². The number of nitrogens with zero attached hydrogens (tertiary/aromatic N) is 2. The fourth-order valence-electron chi connectivity index (χ4n) is 4.74. The first kappa shape index (κ1) is 31.4. The maximum atomic E-state index is 14.0. The fourth-order valence-corrected chi connectivity index (χ4v) is 7.00. The summed E-state index contributed by atoms with van der Waals surface area (Å²) in [6.45, 7) is 0.993. The average Bonchev–Trinajstić information content (AvgIpc) is 3.44. The number of benzene rings is 3. The Morgan fingerprint density at radius 2 is 1.54 bits per heavy atom. The predicted octanol–water partition coefficient (Wildman–Crippen LogP) is 6.97. The van der Waals surface area contributed by atoms with Crippen LogP contribution in [0.5, 0.6) is 0 Å². The van der Waals surface area contributed by atoms with Crippen LogP contribution in [0, 0.1) is 0 Å². The van der Waals surface area contributed by atoms with Crippen molar-refractivity contribution >= 4 is 73.9 Å². The molecule has 12 heteroatoms. The van der Waals surface area contributed by atoms with E-state index in [2.05, 4.69) is 5.32 Å². The highest BCUT2D eigenvalue weighted by Gasteiger charge is 2.33. The minimum atomic E-state index is -4.24. The van der Waals surface area contributed by atoms with Crippen molar-refractivity contribution in [2.45, 2.75) is 56.1 Å². The van der Waals surface area contributed by atoms with Gasteiger partial charge in [-0.3, -0.25) is 13.9 Å². The third-order valence-corrected chi connectivity index (χ3v) is 9.91. The van der Waals surface area contributed by atoms with Crippen molar-refractivity contribution in [3.05, 3.63) is 92.4 Å². The molecule has 0 unspecified atom stereocenters. The number of sulfonamides is 1. The molecular formula is C29H29Cl4N3O4S. The molecule has 0 spiro atoms. The highest BCUT2D eigenvalue weighted by molar-refractivity contribution is 7.92. The van der Waals surface area contributed by atoms with Gasteiger partial charge in [0.2, 0.25) is 11.8 Å². The summed E-state index contributed by atoms with van der Waals surface area (Å²) in [5, 5.41) is 4.07. The number of carbonyl (C=O) groups is 2. The zero-order valence-electron chi connectivity index (χ0n) is 22.2. The number of nitrogens with one attached hydrogen (secondary N) is 1. The minimum absolute atomic E-state index is 0.00942. The smallest absolute Gasteiger partial charge is 0.264 e. The standard InChI is InChI=1S/C29H29Cl4N3O4S/c1-19(29(38)34-23-7-5-6-8-23)35(17-20-11-12-26(32)27(33)13-20)28(37)18-36(24-15-21(30)14-22(31)16-24)41(39,40)25-9-3-2-4-10-25/h2-4,9-16,19,23H,5-8,17-18H2,1H3,(H,34,38)/t19-/m0/s1. The van der Waals surface area contributed by atoms with Crippen LogP contribution in [0.4, 0.5) is 5.69 Å². The Morgan fingerprint density at radius 3 is 2.15 bits per heavy atom. The molecule has 1 aliphatic carbocycles. The molecule has 0 aromatic heterocycles. The molecule has 41 heavy (non-hydrogen) atoms. The van der Waals surface area contributed by atoms with Crippen molar-refractivity contribution in [2.75, 3.05) is 10.8 Å². The Bertz CT molecular complexity index is 1500. The van der Waals surface area contributed by atoms with E-state index in [1.165, 1.54) is 35.2 Å². The molecule has 1 saturated carbocycles. The van der Waals surface area contributed by atoms with Crippen LogP contribution < -0.4 is 9.62 Å². The lowest BCUT2D eigenvalue weighted by atomic mass is 10.1. The third kappa shape index (κ3) is 7.87. The first-order chi connectivity index (χ1) is 19.5. The van der Waals surface area contributed by atoms with E-state index >= 15 is 0 Å². The van der Waals surface area contributed by atoms with E-state index in [1.54, 1.807) is 43.3 Å². The number of hydrogen-bond acceptors (Lipinski definition) is 4. The Kier molecular flexibility index (Phi) is 10.5.